The molecular formula is C15H24N2O. The number of nitrogens with zero attached hydrogens (tertiary/aromatic N) is 1. The van der Waals surface area contributed by atoms with Crippen LogP contribution in [0.1, 0.15) is 45.1 Å². The Hall–Kier alpha value is -1.51. The highest BCUT2D eigenvalue weighted by Crippen LogP contribution is 2.22. The van der Waals surface area contributed by atoms with Gasteiger partial charge in [0.1, 0.15) is 0 Å². The molecule has 0 fully saturated rings. The average molecular weight is 248 g/mol. The minimum atomic E-state index is 0.661. The molecule has 0 amide bonds. The number of aromatic nitrogens is 2. The van der Waals surface area contributed by atoms with Crippen molar-refractivity contribution < 1.29 is 4.74 Å². The van der Waals surface area contributed by atoms with Gasteiger partial charge >= 0.3 is 0 Å². The lowest BCUT2D eigenvalue weighted by molar-refractivity contribution is 0.401. The van der Waals surface area contributed by atoms with Crippen molar-refractivity contribution in [2.75, 3.05) is 7.11 Å². The molecule has 2 rings (SSSR count). The smallest absolute Gasteiger partial charge is 0.240 e. The van der Waals surface area contributed by atoms with Crippen LogP contribution in [0.5, 0.6) is 5.88 Å². The molecule has 0 aliphatic rings. The van der Waals surface area contributed by atoms with Crippen molar-refractivity contribution >= 4 is 10.9 Å². The molecule has 0 saturated carbocycles. The van der Waals surface area contributed by atoms with Crippen LogP contribution in [0.2, 0.25) is 0 Å². The second-order valence-electron chi connectivity index (χ2n) is 4.49. The summed E-state index contributed by atoms with van der Waals surface area (Å²) in [5.41, 5.74) is 2.22. The molecule has 0 aliphatic carbocycles. The maximum Gasteiger partial charge on any atom is 0.240 e. The van der Waals surface area contributed by atoms with Crippen LogP contribution in [0, 0.1) is 6.92 Å². The van der Waals surface area contributed by atoms with Gasteiger partial charge in [0.2, 0.25) is 5.88 Å². The highest BCUT2D eigenvalue weighted by Gasteiger charge is 2.03. The third kappa shape index (κ3) is 4.06. The lowest BCUT2D eigenvalue weighted by atomic mass is 10.2. The van der Waals surface area contributed by atoms with E-state index < -0.39 is 0 Å². The summed E-state index contributed by atoms with van der Waals surface area (Å²) in [5.74, 6) is 0.661. The van der Waals surface area contributed by atoms with Gasteiger partial charge in [0.05, 0.1) is 18.0 Å². The summed E-state index contributed by atoms with van der Waals surface area (Å²) in [6.07, 6.45) is 5.54. The Bertz CT molecular complexity index is 458. The molecule has 2 aromatic rings. The van der Waals surface area contributed by atoms with Crippen LogP contribution in [-0.4, -0.2) is 17.3 Å². The normalized spacial score (nSPS) is 10.0. The van der Waals surface area contributed by atoms with Gasteiger partial charge in [0.15, 0.2) is 0 Å². The Kier molecular flexibility index (Phi) is 6.26. The number of methoxy groups -OCH3 is 1. The zero-order valence-corrected chi connectivity index (χ0v) is 11.9. The largest absolute Gasteiger partial charge is 0.480 e. The van der Waals surface area contributed by atoms with Crippen LogP contribution in [0.25, 0.3) is 10.9 Å². The number of benzene rings is 1. The molecule has 0 aliphatic heterocycles. The molecule has 3 nitrogen and oxygen atoms in total. The van der Waals surface area contributed by atoms with E-state index in [9.17, 15) is 0 Å². The monoisotopic (exact) mass is 248 g/mol. The van der Waals surface area contributed by atoms with E-state index >= 15 is 0 Å². The van der Waals surface area contributed by atoms with Crippen molar-refractivity contribution in [1.82, 2.24) is 10.2 Å². The van der Waals surface area contributed by atoms with E-state index in [2.05, 4.69) is 30.1 Å². The van der Waals surface area contributed by atoms with Crippen molar-refractivity contribution in [3.8, 4) is 5.88 Å². The van der Waals surface area contributed by atoms with Crippen molar-refractivity contribution in [3.05, 3.63) is 23.8 Å². The Morgan fingerprint density at radius 2 is 1.83 bits per heavy atom. The molecule has 0 unspecified atom stereocenters. The molecule has 0 spiro atoms. The number of hydrogen-bond acceptors (Lipinski definition) is 2. The maximum absolute atomic E-state index is 5.08. The van der Waals surface area contributed by atoms with Gasteiger partial charge in [-0.3, -0.25) is 5.10 Å². The maximum atomic E-state index is 5.08. The van der Waals surface area contributed by atoms with Gasteiger partial charge in [-0.15, -0.1) is 5.10 Å². The Labute approximate surface area is 110 Å². The number of unbranched alkanes of at least 4 members (excludes halogenated alkanes) is 3. The highest BCUT2D eigenvalue weighted by atomic mass is 16.5. The lowest BCUT2D eigenvalue weighted by Crippen LogP contribution is -1.82. The van der Waals surface area contributed by atoms with Crippen LogP contribution < -0.4 is 4.74 Å². The van der Waals surface area contributed by atoms with Crippen LogP contribution >= 0.6 is 0 Å². The number of aryl methyl sites for hydroxylation is 1. The first kappa shape index (κ1) is 14.6. The Morgan fingerprint density at radius 1 is 1.17 bits per heavy atom. The second kappa shape index (κ2) is 7.75. The zero-order chi connectivity index (χ0) is 13.4. The number of ether oxygens (including phenoxy) is 1. The quantitative estimate of drug-likeness (QED) is 0.811. The van der Waals surface area contributed by atoms with E-state index in [1.54, 1.807) is 7.11 Å². The number of hydrogen-bond donors (Lipinski definition) is 1. The number of rotatable bonds is 4. The van der Waals surface area contributed by atoms with E-state index in [0.717, 1.165) is 10.9 Å². The Balaban J connectivity index is 0.000000232. The molecular weight excluding hydrogens is 224 g/mol. The zero-order valence-electron chi connectivity index (χ0n) is 11.9. The molecule has 0 radical (unpaired) electrons. The fourth-order valence-electron chi connectivity index (χ4n) is 1.76. The van der Waals surface area contributed by atoms with E-state index in [-0.39, 0.29) is 0 Å². The summed E-state index contributed by atoms with van der Waals surface area (Å²) in [6.45, 7) is 6.51. The van der Waals surface area contributed by atoms with Gasteiger partial charge in [-0.2, -0.15) is 0 Å². The summed E-state index contributed by atoms with van der Waals surface area (Å²) in [4.78, 5) is 0. The first-order valence-electron chi connectivity index (χ1n) is 6.71. The van der Waals surface area contributed by atoms with Crippen LogP contribution in [0.3, 0.4) is 0 Å². The summed E-state index contributed by atoms with van der Waals surface area (Å²) in [7, 11) is 1.62. The van der Waals surface area contributed by atoms with Crippen molar-refractivity contribution in [2.24, 2.45) is 0 Å². The van der Waals surface area contributed by atoms with Gasteiger partial charge in [-0.05, 0) is 19.1 Å². The molecule has 1 aromatic heterocycles. The van der Waals surface area contributed by atoms with E-state index in [1.165, 1.54) is 31.2 Å². The molecule has 100 valence electrons. The van der Waals surface area contributed by atoms with Crippen LogP contribution in [0.4, 0.5) is 0 Å². The standard InChI is InChI=1S/C9H10N2O.C6H14/c1-6-3-4-8-7(5-6)9(12-2)11-10-8;1-3-5-6-4-2/h3-5H,1-2H3,(H,10,11);3-6H2,1-2H3. The number of nitrogens with one attached hydrogen (secondary N) is 1. The average Bonchev–Trinajstić information content (AvgIpc) is 2.79. The SMILES string of the molecule is CCCCCC.COc1n[nH]c2ccc(C)cc12. The fraction of sp³-hybridized carbons (Fsp3) is 0.533. The fourth-order valence-corrected chi connectivity index (χ4v) is 1.76. The van der Waals surface area contributed by atoms with Gasteiger partial charge < -0.3 is 4.74 Å². The predicted octanol–water partition coefficient (Wildman–Crippen LogP) is 4.47. The molecule has 1 heterocycles. The van der Waals surface area contributed by atoms with E-state index in [0.29, 0.717) is 5.88 Å². The van der Waals surface area contributed by atoms with Crippen molar-refractivity contribution in [2.45, 2.75) is 46.5 Å². The van der Waals surface area contributed by atoms with Crippen LogP contribution in [-0.2, 0) is 0 Å². The minimum Gasteiger partial charge on any atom is -0.480 e. The summed E-state index contributed by atoms with van der Waals surface area (Å²) >= 11 is 0. The van der Waals surface area contributed by atoms with Gasteiger partial charge in [-0.1, -0.05) is 51.2 Å². The lowest BCUT2D eigenvalue weighted by Gasteiger charge is -1.94. The first-order chi connectivity index (χ1) is 8.72. The third-order valence-corrected chi connectivity index (χ3v) is 2.83. The number of aromatic amines is 1. The van der Waals surface area contributed by atoms with Gasteiger partial charge in [0.25, 0.3) is 0 Å². The molecule has 0 saturated heterocycles. The van der Waals surface area contributed by atoms with Gasteiger partial charge in [-0.25, -0.2) is 0 Å². The molecule has 18 heavy (non-hydrogen) atoms. The molecule has 0 atom stereocenters. The molecule has 1 N–H and O–H groups in total. The van der Waals surface area contributed by atoms with Crippen molar-refractivity contribution in [3.63, 3.8) is 0 Å². The van der Waals surface area contributed by atoms with E-state index in [1.807, 2.05) is 19.1 Å². The topological polar surface area (TPSA) is 37.9 Å². The van der Waals surface area contributed by atoms with Crippen LogP contribution in [0.15, 0.2) is 18.2 Å². The van der Waals surface area contributed by atoms with Crippen molar-refractivity contribution in [1.29, 1.82) is 0 Å². The predicted molar refractivity (Wildman–Crippen MR) is 77.2 cm³/mol. The molecule has 1 aromatic carbocycles. The first-order valence-corrected chi connectivity index (χ1v) is 6.71. The highest BCUT2D eigenvalue weighted by molar-refractivity contribution is 5.84. The number of H-pyrrole nitrogens is 1. The number of fused-ring (bicyclic) bond motifs is 1. The minimum absolute atomic E-state index is 0.661. The molecule has 3 heteroatoms. The second-order valence-corrected chi connectivity index (χ2v) is 4.49. The summed E-state index contributed by atoms with van der Waals surface area (Å²) < 4.78 is 5.08. The molecule has 0 bridgehead atoms. The van der Waals surface area contributed by atoms with Gasteiger partial charge in [0, 0.05) is 0 Å². The van der Waals surface area contributed by atoms with E-state index in [4.69, 9.17) is 4.74 Å². The third-order valence-electron chi connectivity index (χ3n) is 2.83. The summed E-state index contributed by atoms with van der Waals surface area (Å²) in [6, 6.07) is 6.10. The summed E-state index contributed by atoms with van der Waals surface area (Å²) in [5, 5.41) is 7.94. The Morgan fingerprint density at radius 3 is 2.39 bits per heavy atom.